The van der Waals surface area contributed by atoms with E-state index in [0.717, 1.165) is 50.6 Å². The Hall–Kier alpha value is -1.29. The summed E-state index contributed by atoms with van der Waals surface area (Å²) < 4.78 is 5.50. The van der Waals surface area contributed by atoms with Crippen molar-refractivity contribution >= 4 is 11.6 Å². The summed E-state index contributed by atoms with van der Waals surface area (Å²) in [5.74, 6) is 1.88. The lowest BCUT2D eigenvalue weighted by Crippen LogP contribution is -2.08. The van der Waals surface area contributed by atoms with Crippen LogP contribution in [0.25, 0.3) is 0 Å². The van der Waals surface area contributed by atoms with Crippen LogP contribution in [0.1, 0.15) is 40.0 Å². The summed E-state index contributed by atoms with van der Waals surface area (Å²) in [5.41, 5.74) is 0. The molecule has 0 aromatic carbocycles. The molecule has 0 radical (unpaired) electrons. The van der Waals surface area contributed by atoms with Crippen molar-refractivity contribution in [1.82, 2.24) is 4.98 Å². The van der Waals surface area contributed by atoms with Crippen molar-refractivity contribution in [2.24, 2.45) is 0 Å². The monoisotopic (exact) mass is 265 g/mol. The van der Waals surface area contributed by atoms with Gasteiger partial charge in [-0.15, -0.1) is 0 Å². The molecular formula is C15H27N3O. The Labute approximate surface area is 117 Å². The van der Waals surface area contributed by atoms with Crippen molar-refractivity contribution in [3.05, 3.63) is 18.2 Å². The third-order valence-corrected chi connectivity index (χ3v) is 2.63. The molecule has 0 aliphatic rings. The van der Waals surface area contributed by atoms with Gasteiger partial charge in [-0.05, 0) is 45.2 Å². The fraction of sp³-hybridized carbons (Fsp3) is 0.667. The van der Waals surface area contributed by atoms with Gasteiger partial charge in [-0.1, -0.05) is 13.0 Å². The van der Waals surface area contributed by atoms with Crippen LogP contribution in [0.15, 0.2) is 18.2 Å². The van der Waals surface area contributed by atoms with E-state index in [1.54, 1.807) is 0 Å². The zero-order chi connectivity index (χ0) is 13.9. The lowest BCUT2D eigenvalue weighted by Gasteiger charge is -2.09. The number of nitrogens with one attached hydrogen (secondary N) is 2. The van der Waals surface area contributed by atoms with Gasteiger partial charge in [0.2, 0.25) is 0 Å². The van der Waals surface area contributed by atoms with Crippen LogP contribution in [-0.2, 0) is 4.74 Å². The van der Waals surface area contributed by atoms with E-state index in [4.69, 9.17) is 4.74 Å². The standard InChI is InChI=1S/C15H27N3O/c1-4-10-16-14-8-7-9-15(18-14)17-11-5-6-12-19-13(2)3/h7-9,13H,4-6,10-12H2,1-3H3,(H2,16,17,18). The number of hydrogen-bond acceptors (Lipinski definition) is 4. The number of rotatable bonds is 10. The molecule has 0 saturated heterocycles. The van der Waals surface area contributed by atoms with Crippen LogP contribution in [0.5, 0.6) is 0 Å². The average Bonchev–Trinajstić information content (AvgIpc) is 2.40. The molecule has 1 aromatic rings. The molecule has 19 heavy (non-hydrogen) atoms. The fourth-order valence-corrected chi connectivity index (χ4v) is 1.65. The average molecular weight is 265 g/mol. The highest BCUT2D eigenvalue weighted by Crippen LogP contribution is 2.09. The number of anilines is 2. The molecule has 1 heterocycles. The SMILES string of the molecule is CCCNc1cccc(NCCCCOC(C)C)n1. The summed E-state index contributed by atoms with van der Waals surface area (Å²) in [5, 5.41) is 6.63. The zero-order valence-electron chi connectivity index (χ0n) is 12.4. The number of hydrogen-bond donors (Lipinski definition) is 2. The Morgan fingerprint density at radius 2 is 1.79 bits per heavy atom. The van der Waals surface area contributed by atoms with Crippen molar-refractivity contribution in [3.8, 4) is 0 Å². The van der Waals surface area contributed by atoms with Crippen LogP contribution in [0.4, 0.5) is 11.6 Å². The molecule has 0 bridgehead atoms. The highest BCUT2D eigenvalue weighted by molar-refractivity contribution is 5.44. The summed E-state index contributed by atoms with van der Waals surface area (Å²) in [6.07, 6.45) is 3.62. The van der Waals surface area contributed by atoms with Crippen molar-refractivity contribution in [2.75, 3.05) is 30.3 Å². The second-order valence-electron chi connectivity index (χ2n) is 4.89. The summed E-state index contributed by atoms with van der Waals surface area (Å²) in [6, 6.07) is 6.02. The summed E-state index contributed by atoms with van der Waals surface area (Å²) in [4.78, 5) is 4.50. The minimum atomic E-state index is 0.330. The number of unbranched alkanes of at least 4 members (excludes halogenated alkanes) is 1. The Balaban J connectivity index is 2.18. The topological polar surface area (TPSA) is 46.2 Å². The van der Waals surface area contributed by atoms with E-state index in [2.05, 4.69) is 36.4 Å². The number of aromatic nitrogens is 1. The molecule has 2 N–H and O–H groups in total. The highest BCUT2D eigenvalue weighted by atomic mass is 16.5. The molecule has 0 aliphatic heterocycles. The maximum absolute atomic E-state index is 5.50. The minimum Gasteiger partial charge on any atom is -0.379 e. The predicted molar refractivity (Wildman–Crippen MR) is 81.8 cm³/mol. The van der Waals surface area contributed by atoms with Gasteiger partial charge >= 0.3 is 0 Å². The number of ether oxygens (including phenoxy) is 1. The maximum atomic E-state index is 5.50. The van der Waals surface area contributed by atoms with Crippen LogP contribution in [0.2, 0.25) is 0 Å². The quantitative estimate of drug-likeness (QED) is 0.635. The Bertz CT molecular complexity index is 342. The second-order valence-corrected chi connectivity index (χ2v) is 4.89. The van der Waals surface area contributed by atoms with Crippen LogP contribution in [0, 0.1) is 0 Å². The van der Waals surface area contributed by atoms with E-state index in [1.165, 1.54) is 0 Å². The molecule has 4 heteroatoms. The smallest absolute Gasteiger partial charge is 0.128 e. The van der Waals surface area contributed by atoms with Gasteiger partial charge in [-0.25, -0.2) is 4.98 Å². The van der Waals surface area contributed by atoms with Gasteiger partial charge < -0.3 is 15.4 Å². The van der Waals surface area contributed by atoms with E-state index >= 15 is 0 Å². The normalized spacial score (nSPS) is 10.7. The summed E-state index contributed by atoms with van der Waals surface area (Å²) in [6.45, 7) is 9.02. The van der Waals surface area contributed by atoms with E-state index in [1.807, 2.05) is 18.2 Å². The predicted octanol–water partition coefficient (Wildman–Crippen LogP) is 3.52. The van der Waals surface area contributed by atoms with Gasteiger partial charge in [0, 0.05) is 19.7 Å². The van der Waals surface area contributed by atoms with E-state index in [0.29, 0.717) is 6.10 Å². The van der Waals surface area contributed by atoms with Gasteiger partial charge in [0.05, 0.1) is 6.10 Å². The fourth-order valence-electron chi connectivity index (χ4n) is 1.65. The summed E-state index contributed by atoms with van der Waals surface area (Å²) >= 11 is 0. The van der Waals surface area contributed by atoms with E-state index in [-0.39, 0.29) is 0 Å². The van der Waals surface area contributed by atoms with Gasteiger partial charge in [0.1, 0.15) is 11.6 Å². The lowest BCUT2D eigenvalue weighted by molar-refractivity contribution is 0.0765. The highest BCUT2D eigenvalue weighted by Gasteiger charge is 1.97. The largest absolute Gasteiger partial charge is 0.379 e. The molecule has 0 saturated carbocycles. The first-order valence-electron chi connectivity index (χ1n) is 7.28. The molecule has 0 aliphatic carbocycles. The third-order valence-electron chi connectivity index (χ3n) is 2.63. The first-order valence-corrected chi connectivity index (χ1v) is 7.28. The molecule has 0 atom stereocenters. The van der Waals surface area contributed by atoms with Crippen molar-refractivity contribution in [2.45, 2.75) is 46.1 Å². The first kappa shape index (κ1) is 15.8. The van der Waals surface area contributed by atoms with E-state index in [9.17, 15) is 0 Å². The van der Waals surface area contributed by atoms with Crippen molar-refractivity contribution in [3.63, 3.8) is 0 Å². The lowest BCUT2D eigenvalue weighted by atomic mass is 10.3. The first-order chi connectivity index (χ1) is 9.22. The zero-order valence-corrected chi connectivity index (χ0v) is 12.4. The molecule has 4 nitrogen and oxygen atoms in total. The van der Waals surface area contributed by atoms with E-state index < -0.39 is 0 Å². The Morgan fingerprint density at radius 1 is 1.11 bits per heavy atom. The van der Waals surface area contributed by atoms with Gasteiger partial charge in [0.25, 0.3) is 0 Å². The Kier molecular flexibility index (Phi) is 7.98. The molecule has 0 amide bonds. The van der Waals surface area contributed by atoms with Gasteiger partial charge in [-0.2, -0.15) is 0 Å². The maximum Gasteiger partial charge on any atom is 0.128 e. The van der Waals surface area contributed by atoms with Crippen LogP contribution >= 0.6 is 0 Å². The Morgan fingerprint density at radius 3 is 2.42 bits per heavy atom. The molecule has 108 valence electrons. The van der Waals surface area contributed by atoms with Gasteiger partial charge in [0.15, 0.2) is 0 Å². The minimum absolute atomic E-state index is 0.330. The van der Waals surface area contributed by atoms with Crippen LogP contribution in [-0.4, -0.2) is 30.8 Å². The number of pyridine rings is 1. The van der Waals surface area contributed by atoms with Gasteiger partial charge in [-0.3, -0.25) is 0 Å². The number of nitrogens with zero attached hydrogens (tertiary/aromatic N) is 1. The molecule has 0 spiro atoms. The summed E-state index contributed by atoms with van der Waals surface area (Å²) in [7, 11) is 0. The van der Waals surface area contributed by atoms with Crippen LogP contribution < -0.4 is 10.6 Å². The second kappa shape index (κ2) is 9.62. The molecule has 1 rings (SSSR count). The van der Waals surface area contributed by atoms with Crippen molar-refractivity contribution in [1.29, 1.82) is 0 Å². The third kappa shape index (κ3) is 7.67. The molecule has 0 unspecified atom stereocenters. The van der Waals surface area contributed by atoms with Crippen molar-refractivity contribution < 1.29 is 4.74 Å². The van der Waals surface area contributed by atoms with Crippen LogP contribution in [0.3, 0.4) is 0 Å². The molecular weight excluding hydrogens is 238 g/mol. The molecule has 0 fully saturated rings. The molecule has 1 aromatic heterocycles.